The first-order valence-electron chi connectivity index (χ1n) is 7.90. The molecule has 2 N–H and O–H groups in total. The van der Waals surface area contributed by atoms with E-state index in [1.54, 1.807) is 21.8 Å². The molecule has 2 aromatic heterocycles. The van der Waals surface area contributed by atoms with Crippen molar-refractivity contribution in [2.24, 2.45) is 0 Å². The molecule has 2 rings (SSSR count). The number of aryl methyl sites for hydroxylation is 2. The van der Waals surface area contributed by atoms with E-state index < -0.39 is 5.91 Å². The summed E-state index contributed by atoms with van der Waals surface area (Å²) < 4.78 is 3.16. The van der Waals surface area contributed by atoms with Crippen LogP contribution in [0, 0.1) is 0 Å². The molecule has 2 amide bonds. The minimum Gasteiger partial charge on any atom is -0.351 e. The highest BCUT2D eigenvalue weighted by atomic mass is 35.5. The fourth-order valence-corrected chi connectivity index (χ4v) is 2.30. The van der Waals surface area contributed by atoms with Gasteiger partial charge in [-0.3, -0.25) is 19.0 Å². The summed E-state index contributed by atoms with van der Waals surface area (Å²) in [5, 5.41) is 14.0. The second-order valence-electron chi connectivity index (χ2n) is 5.14. The number of halogens is 1. The van der Waals surface area contributed by atoms with E-state index in [2.05, 4.69) is 20.8 Å². The van der Waals surface area contributed by atoms with Gasteiger partial charge in [0.05, 0.1) is 10.7 Å². The first kappa shape index (κ1) is 18.0. The smallest absolute Gasteiger partial charge is 0.277 e. The predicted molar refractivity (Wildman–Crippen MR) is 91.4 cm³/mol. The number of hydrogen-bond donors (Lipinski definition) is 2. The third kappa shape index (κ3) is 3.94. The molecule has 24 heavy (non-hydrogen) atoms. The van der Waals surface area contributed by atoms with Crippen LogP contribution < -0.4 is 10.6 Å². The molecule has 0 aliphatic rings. The van der Waals surface area contributed by atoms with Gasteiger partial charge in [0.1, 0.15) is 0 Å². The normalized spacial score (nSPS) is 10.7. The van der Waals surface area contributed by atoms with Gasteiger partial charge in [0.15, 0.2) is 11.4 Å². The van der Waals surface area contributed by atoms with Gasteiger partial charge in [-0.15, -0.1) is 0 Å². The Bertz CT molecular complexity index is 736. The maximum Gasteiger partial charge on any atom is 0.277 e. The summed E-state index contributed by atoms with van der Waals surface area (Å²) in [6.45, 7) is 7.47. The highest BCUT2D eigenvalue weighted by molar-refractivity contribution is 6.34. The molecule has 0 aliphatic heterocycles. The largest absolute Gasteiger partial charge is 0.351 e. The first-order chi connectivity index (χ1) is 11.5. The Kier molecular flexibility index (Phi) is 5.97. The van der Waals surface area contributed by atoms with Crippen LogP contribution in [0.2, 0.25) is 5.02 Å². The summed E-state index contributed by atoms with van der Waals surface area (Å²) in [5.41, 5.74) is 0.616. The molecule has 130 valence electrons. The molecule has 0 fully saturated rings. The summed E-state index contributed by atoms with van der Waals surface area (Å²) in [6.07, 6.45) is 4.01. The molecule has 2 heterocycles. The zero-order chi connectivity index (χ0) is 17.7. The van der Waals surface area contributed by atoms with Crippen LogP contribution in [-0.4, -0.2) is 37.9 Å². The number of amides is 2. The topological polar surface area (TPSA) is 93.8 Å². The first-order valence-corrected chi connectivity index (χ1v) is 8.27. The Labute approximate surface area is 145 Å². The van der Waals surface area contributed by atoms with Crippen molar-refractivity contribution in [2.45, 2.75) is 40.3 Å². The Morgan fingerprint density at radius 2 is 1.67 bits per heavy atom. The van der Waals surface area contributed by atoms with E-state index in [9.17, 15) is 9.59 Å². The zero-order valence-corrected chi connectivity index (χ0v) is 14.7. The molecule has 0 saturated carbocycles. The average Bonchev–Trinajstić information content (AvgIpc) is 3.15. The molecule has 0 aliphatic carbocycles. The molecule has 0 saturated heterocycles. The van der Waals surface area contributed by atoms with Crippen LogP contribution in [0.15, 0.2) is 12.4 Å². The quantitative estimate of drug-likeness (QED) is 0.798. The molecule has 9 heteroatoms. The second kappa shape index (κ2) is 7.96. The summed E-state index contributed by atoms with van der Waals surface area (Å²) in [4.78, 5) is 24.6. The molecule has 2 aromatic rings. The average molecular weight is 353 g/mol. The molecule has 0 unspecified atom stereocenters. The third-order valence-corrected chi connectivity index (χ3v) is 3.62. The van der Waals surface area contributed by atoms with Crippen molar-refractivity contribution < 1.29 is 9.59 Å². The lowest BCUT2D eigenvalue weighted by Crippen LogP contribution is -2.26. The minimum atomic E-state index is -0.479. The van der Waals surface area contributed by atoms with Crippen molar-refractivity contribution in [1.82, 2.24) is 24.9 Å². The number of rotatable bonds is 7. The lowest BCUT2D eigenvalue weighted by atomic mass is 10.3. The maximum absolute atomic E-state index is 12.4. The second-order valence-corrected chi connectivity index (χ2v) is 5.55. The number of nitrogens with zero attached hydrogens (tertiary/aromatic N) is 4. The Balaban J connectivity index is 2.24. The van der Waals surface area contributed by atoms with Crippen molar-refractivity contribution in [1.29, 1.82) is 0 Å². The molecule has 8 nitrogen and oxygen atoms in total. The van der Waals surface area contributed by atoms with Crippen molar-refractivity contribution in [3.63, 3.8) is 0 Å². The van der Waals surface area contributed by atoms with Crippen molar-refractivity contribution in [3.8, 4) is 0 Å². The van der Waals surface area contributed by atoms with Crippen molar-refractivity contribution >= 4 is 29.1 Å². The van der Waals surface area contributed by atoms with Crippen LogP contribution in [0.3, 0.4) is 0 Å². The lowest BCUT2D eigenvalue weighted by Gasteiger charge is -2.04. The van der Waals surface area contributed by atoms with Crippen molar-refractivity contribution in [3.05, 3.63) is 28.8 Å². The van der Waals surface area contributed by atoms with Gasteiger partial charge in [-0.25, -0.2) is 0 Å². The van der Waals surface area contributed by atoms with Gasteiger partial charge in [-0.1, -0.05) is 18.5 Å². The van der Waals surface area contributed by atoms with Crippen LogP contribution in [0.5, 0.6) is 0 Å². The summed E-state index contributed by atoms with van der Waals surface area (Å²) in [5.74, 6) is -0.808. The molecule has 0 atom stereocenters. The van der Waals surface area contributed by atoms with E-state index in [0.29, 0.717) is 25.3 Å². The minimum absolute atomic E-state index is 0.114. The third-order valence-electron chi connectivity index (χ3n) is 3.34. The highest BCUT2D eigenvalue weighted by Crippen LogP contribution is 2.19. The van der Waals surface area contributed by atoms with Gasteiger partial charge >= 0.3 is 0 Å². The van der Waals surface area contributed by atoms with Crippen LogP contribution in [0.25, 0.3) is 0 Å². The zero-order valence-electron chi connectivity index (χ0n) is 14.0. The van der Waals surface area contributed by atoms with E-state index in [0.717, 1.165) is 6.42 Å². The van der Waals surface area contributed by atoms with Gasteiger partial charge in [-0.2, -0.15) is 10.2 Å². The molecular weight excluding hydrogens is 332 g/mol. The summed E-state index contributed by atoms with van der Waals surface area (Å²) >= 11 is 6.04. The van der Waals surface area contributed by atoms with Gasteiger partial charge in [0.2, 0.25) is 0 Å². The number of hydrogen-bond acceptors (Lipinski definition) is 4. The van der Waals surface area contributed by atoms with Crippen LogP contribution in [0.1, 0.15) is 48.2 Å². The Hall–Kier alpha value is -2.35. The predicted octanol–water partition coefficient (Wildman–Crippen LogP) is 2.16. The van der Waals surface area contributed by atoms with E-state index in [-0.39, 0.29) is 22.3 Å². The van der Waals surface area contributed by atoms with Gasteiger partial charge < -0.3 is 10.6 Å². The fourth-order valence-electron chi connectivity index (χ4n) is 2.06. The van der Waals surface area contributed by atoms with E-state index >= 15 is 0 Å². The fraction of sp³-hybridized carbons (Fsp3) is 0.467. The maximum atomic E-state index is 12.4. The summed E-state index contributed by atoms with van der Waals surface area (Å²) in [6, 6.07) is 0. The standard InChI is InChI=1S/C15H21ClN6O2/c1-4-7-17-14(23)13-11(9-22(6-3)20-13)18-15(24)12-10(16)8-21(5-2)19-12/h8-9H,4-7H2,1-3H3,(H,17,23)(H,18,24). The van der Waals surface area contributed by atoms with E-state index in [1.165, 1.54) is 0 Å². The van der Waals surface area contributed by atoms with E-state index in [4.69, 9.17) is 11.6 Å². The van der Waals surface area contributed by atoms with Crippen LogP contribution in [-0.2, 0) is 13.1 Å². The lowest BCUT2D eigenvalue weighted by molar-refractivity contribution is 0.0948. The molecule has 0 radical (unpaired) electrons. The molecule has 0 bridgehead atoms. The van der Waals surface area contributed by atoms with Gasteiger partial charge in [0, 0.05) is 32.0 Å². The van der Waals surface area contributed by atoms with Gasteiger partial charge in [0.25, 0.3) is 11.8 Å². The van der Waals surface area contributed by atoms with Gasteiger partial charge in [-0.05, 0) is 20.3 Å². The van der Waals surface area contributed by atoms with Crippen molar-refractivity contribution in [2.75, 3.05) is 11.9 Å². The highest BCUT2D eigenvalue weighted by Gasteiger charge is 2.21. The SMILES string of the molecule is CCCNC(=O)c1nn(CC)cc1NC(=O)c1nn(CC)cc1Cl. The Morgan fingerprint density at radius 3 is 2.25 bits per heavy atom. The number of carbonyl (C=O) groups is 2. The number of aromatic nitrogens is 4. The monoisotopic (exact) mass is 352 g/mol. The van der Waals surface area contributed by atoms with E-state index in [1.807, 2.05) is 20.8 Å². The molecular formula is C15H21ClN6O2. The number of nitrogens with one attached hydrogen (secondary N) is 2. The van der Waals surface area contributed by atoms with Crippen LogP contribution >= 0.6 is 11.6 Å². The Morgan fingerprint density at radius 1 is 1.04 bits per heavy atom. The molecule has 0 spiro atoms. The number of carbonyl (C=O) groups excluding carboxylic acids is 2. The summed E-state index contributed by atoms with van der Waals surface area (Å²) in [7, 11) is 0. The van der Waals surface area contributed by atoms with Crippen LogP contribution in [0.4, 0.5) is 5.69 Å². The molecule has 0 aromatic carbocycles. The number of anilines is 1.